The largest absolute Gasteiger partial charge is 0.478 e. The van der Waals surface area contributed by atoms with Crippen LogP contribution in [0.2, 0.25) is 0 Å². The van der Waals surface area contributed by atoms with Crippen LogP contribution in [0, 0.1) is 5.92 Å². The molecule has 1 aromatic carbocycles. The number of unbranched alkanes of at least 4 members (excludes halogenated alkanes) is 9. The molecule has 0 aliphatic heterocycles. The van der Waals surface area contributed by atoms with E-state index in [9.17, 15) is 19.8 Å². The fourth-order valence-electron chi connectivity index (χ4n) is 4.00. The third-order valence-corrected chi connectivity index (χ3v) is 5.69. The zero-order chi connectivity index (χ0) is 21.6. The molecule has 4 nitrogen and oxygen atoms in total. The molecule has 0 aromatic heterocycles. The summed E-state index contributed by atoms with van der Waals surface area (Å²) >= 11 is 0. The predicted molar refractivity (Wildman–Crippen MR) is 119 cm³/mol. The first-order valence-electron chi connectivity index (χ1n) is 11.5. The lowest BCUT2D eigenvalue weighted by molar-refractivity contribution is 0.0650. The number of aromatic carboxylic acids is 2. The van der Waals surface area contributed by atoms with Crippen molar-refractivity contribution in [2.45, 2.75) is 104 Å². The van der Waals surface area contributed by atoms with Crippen molar-refractivity contribution in [2.24, 2.45) is 5.92 Å². The van der Waals surface area contributed by atoms with Gasteiger partial charge in [0.25, 0.3) is 0 Å². The molecule has 1 aromatic rings. The van der Waals surface area contributed by atoms with Crippen LogP contribution in [-0.2, 0) is 12.8 Å². The first-order valence-corrected chi connectivity index (χ1v) is 11.5. The highest BCUT2D eigenvalue weighted by Crippen LogP contribution is 2.23. The second kappa shape index (κ2) is 14.2. The van der Waals surface area contributed by atoms with E-state index in [0.29, 0.717) is 18.4 Å². The Balaban J connectivity index is 2.33. The number of benzene rings is 1. The Morgan fingerprint density at radius 1 is 0.793 bits per heavy atom. The minimum Gasteiger partial charge on any atom is -0.478 e. The van der Waals surface area contributed by atoms with E-state index < -0.39 is 11.9 Å². The van der Waals surface area contributed by atoms with E-state index in [2.05, 4.69) is 13.8 Å². The summed E-state index contributed by atoms with van der Waals surface area (Å²) < 4.78 is 0. The van der Waals surface area contributed by atoms with Crippen LogP contribution in [0.25, 0.3) is 0 Å². The summed E-state index contributed by atoms with van der Waals surface area (Å²) in [6, 6.07) is 3.20. The molecule has 164 valence electrons. The fourth-order valence-corrected chi connectivity index (χ4v) is 4.00. The van der Waals surface area contributed by atoms with Gasteiger partial charge in [0.1, 0.15) is 0 Å². The lowest BCUT2D eigenvalue weighted by Gasteiger charge is -2.14. The molecule has 0 unspecified atom stereocenters. The van der Waals surface area contributed by atoms with E-state index >= 15 is 0 Å². The highest BCUT2D eigenvalue weighted by Gasteiger charge is 2.22. The fraction of sp³-hybridized carbons (Fsp3) is 0.680. The highest BCUT2D eigenvalue weighted by molar-refractivity contribution is 6.03. The second-order valence-corrected chi connectivity index (χ2v) is 8.56. The number of hydrogen-bond acceptors (Lipinski definition) is 2. The maximum absolute atomic E-state index is 11.7. The molecule has 0 fully saturated rings. The van der Waals surface area contributed by atoms with Crippen LogP contribution in [0.3, 0.4) is 0 Å². The molecule has 4 heteroatoms. The van der Waals surface area contributed by atoms with Gasteiger partial charge < -0.3 is 10.2 Å². The molecule has 2 N–H and O–H groups in total. The molecule has 0 atom stereocenters. The van der Waals surface area contributed by atoms with Gasteiger partial charge in [0.05, 0.1) is 11.1 Å². The van der Waals surface area contributed by atoms with Gasteiger partial charge in [-0.1, -0.05) is 91.0 Å². The molecule has 0 saturated carbocycles. The van der Waals surface area contributed by atoms with Gasteiger partial charge in [-0.25, -0.2) is 9.59 Å². The van der Waals surface area contributed by atoms with Gasteiger partial charge in [-0.15, -0.1) is 0 Å². The number of carbonyl (C=O) groups is 2. The molecule has 1 rings (SSSR count). The third kappa shape index (κ3) is 9.47. The molecule has 29 heavy (non-hydrogen) atoms. The van der Waals surface area contributed by atoms with E-state index in [4.69, 9.17) is 0 Å². The molecule has 0 spiro atoms. The standard InChI is InChI=1S/C25H40O4/c1-4-20-17-18-22(24(26)27)23(25(28)29)21(20)16-14-12-10-8-6-5-7-9-11-13-15-19(2)3/h17-19H,4-16H2,1-3H3,(H,26,27)(H,28,29). The minimum atomic E-state index is -1.17. The number of aryl methyl sites for hydroxylation is 1. The molecule has 0 heterocycles. The summed E-state index contributed by atoms with van der Waals surface area (Å²) in [7, 11) is 0. The molecule has 0 radical (unpaired) electrons. The van der Waals surface area contributed by atoms with Crippen LogP contribution >= 0.6 is 0 Å². The summed E-state index contributed by atoms with van der Waals surface area (Å²) in [5, 5.41) is 18.9. The van der Waals surface area contributed by atoms with Crippen molar-refractivity contribution in [1.29, 1.82) is 0 Å². The SMILES string of the molecule is CCc1ccc(C(=O)O)c(C(=O)O)c1CCCCCCCCCCCCC(C)C. The van der Waals surface area contributed by atoms with Crippen LogP contribution in [-0.4, -0.2) is 22.2 Å². The lowest BCUT2D eigenvalue weighted by Crippen LogP contribution is -2.13. The Labute approximate surface area is 176 Å². The predicted octanol–water partition coefficient (Wildman–Crippen LogP) is 7.14. The summed E-state index contributed by atoms with van der Waals surface area (Å²) in [6.07, 6.45) is 15.1. The van der Waals surface area contributed by atoms with Crippen LogP contribution in [0.15, 0.2) is 12.1 Å². The monoisotopic (exact) mass is 404 g/mol. The Bertz CT molecular complexity index is 634. The second-order valence-electron chi connectivity index (χ2n) is 8.56. The normalized spacial score (nSPS) is 11.2. The van der Waals surface area contributed by atoms with Crippen molar-refractivity contribution in [2.75, 3.05) is 0 Å². The van der Waals surface area contributed by atoms with Crippen LogP contribution in [0.5, 0.6) is 0 Å². The molecule has 0 aliphatic carbocycles. The maximum atomic E-state index is 11.7. The van der Waals surface area contributed by atoms with Crippen molar-refractivity contribution < 1.29 is 19.8 Å². The van der Waals surface area contributed by atoms with Gasteiger partial charge in [0, 0.05) is 0 Å². The average molecular weight is 405 g/mol. The Hall–Kier alpha value is -1.84. The van der Waals surface area contributed by atoms with E-state index in [1.807, 2.05) is 6.92 Å². The van der Waals surface area contributed by atoms with Crippen molar-refractivity contribution in [3.05, 3.63) is 34.4 Å². The van der Waals surface area contributed by atoms with Crippen LogP contribution in [0.1, 0.15) is 123 Å². The lowest BCUT2D eigenvalue weighted by atomic mass is 9.90. The van der Waals surface area contributed by atoms with E-state index in [-0.39, 0.29) is 11.1 Å². The zero-order valence-corrected chi connectivity index (χ0v) is 18.6. The topological polar surface area (TPSA) is 74.6 Å². The smallest absolute Gasteiger partial charge is 0.336 e. The quantitative estimate of drug-likeness (QED) is 0.287. The van der Waals surface area contributed by atoms with Gasteiger partial charge in [-0.05, 0) is 42.4 Å². The maximum Gasteiger partial charge on any atom is 0.336 e. The van der Waals surface area contributed by atoms with Crippen LogP contribution < -0.4 is 0 Å². The molecular formula is C25H40O4. The van der Waals surface area contributed by atoms with E-state index in [1.165, 1.54) is 57.4 Å². The number of carboxylic acids is 2. The highest BCUT2D eigenvalue weighted by atomic mass is 16.4. The average Bonchev–Trinajstić information content (AvgIpc) is 2.67. The van der Waals surface area contributed by atoms with E-state index in [0.717, 1.165) is 30.7 Å². The summed E-state index contributed by atoms with van der Waals surface area (Å²) in [4.78, 5) is 23.1. The zero-order valence-electron chi connectivity index (χ0n) is 18.6. The Morgan fingerprint density at radius 3 is 1.76 bits per heavy atom. The Morgan fingerprint density at radius 2 is 1.31 bits per heavy atom. The number of carboxylic acid groups (broad SMARTS) is 2. The van der Waals surface area contributed by atoms with Gasteiger partial charge in [0.15, 0.2) is 0 Å². The van der Waals surface area contributed by atoms with Crippen molar-refractivity contribution >= 4 is 11.9 Å². The first-order chi connectivity index (χ1) is 13.9. The van der Waals surface area contributed by atoms with Crippen molar-refractivity contribution in [1.82, 2.24) is 0 Å². The van der Waals surface area contributed by atoms with E-state index in [1.54, 1.807) is 6.07 Å². The number of hydrogen-bond donors (Lipinski definition) is 2. The van der Waals surface area contributed by atoms with Crippen molar-refractivity contribution in [3.8, 4) is 0 Å². The molecule has 0 aliphatic rings. The van der Waals surface area contributed by atoms with Gasteiger partial charge in [-0.2, -0.15) is 0 Å². The molecule has 0 saturated heterocycles. The summed E-state index contributed by atoms with van der Waals surface area (Å²) in [5.74, 6) is -1.49. The molecular weight excluding hydrogens is 364 g/mol. The molecule has 0 bridgehead atoms. The first kappa shape index (κ1) is 25.2. The van der Waals surface area contributed by atoms with Crippen LogP contribution in [0.4, 0.5) is 0 Å². The van der Waals surface area contributed by atoms with Gasteiger partial charge in [-0.3, -0.25) is 0 Å². The summed E-state index contributed by atoms with van der Waals surface area (Å²) in [6.45, 7) is 6.55. The minimum absolute atomic E-state index is 0.0192. The number of rotatable bonds is 16. The molecule has 0 amide bonds. The van der Waals surface area contributed by atoms with Gasteiger partial charge in [0.2, 0.25) is 0 Å². The Kier molecular flexibility index (Phi) is 12.3. The van der Waals surface area contributed by atoms with Crippen molar-refractivity contribution in [3.63, 3.8) is 0 Å². The summed E-state index contributed by atoms with van der Waals surface area (Å²) in [5.41, 5.74) is 1.54. The van der Waals surface area contributed by atoms with Gasteiger partial charge >= 0.3 is 11.9 Å². The third-order valence-electron chi connectivity index (χ3n) is 5.69.